The molecule has 2 N–H and O–H groups in total. The molecule has 0 amide bonds. The Morgan fingerprint density at radius 2 is 2.00 bits per heavy atom. The Bertz CT molecular complexity index is 461. The van der Waals surface area contributed by atoms with Crippen molar-refractivity contribution in [3.8, 4) is 5.88 Å². The standard InChI is InChI=1S/C18H32N4O2/c1-5-6-11-23-12-7-10-20-18(19-4)22-14-16-8-9-17(21-13-16)24-15(2)3/h8-9,13,15H,5-7,10-12,14H2,1-4H3,(H2,19,20,22). The van der Waals surface area contributed by atoms with E-state index in [2.05, 4.69) is 27.5 Å². The van der Waals surface area contributed by atoms with Crippen molar-refractivity contribution in [2.45, 2.75) is 52.7 Å². The lowest BCUT2D eigenvalue weighted by Gasteiger charge is -2.12. The van der Waals surface area contributed by atoms with E-state index < -0.39 is 0 Å². The number of hydrogen-bond donors (Lipinski definition) is 2. The van der Waals surface area contributed by atoms with Crippen LogP contribution in [0.4, 0.5) is 0 Å². The average molecular weight is 336 g/mol. The van der Waals surface area contributed by atoms with Crippen LogP contribution in [0.1, 0.15) is 45.6 Å². The first kappa shape index (κ1) is 20.2. The Hall–Kier alpha value is -1.82. The highest BCUT2D eigenvalue weighted by Crippen LogP contribution is 2.09. The molecule has 1 aromatic heterocycles. The predicted octanol–water partition coefficient (Wildman–Crippen LogP) is 2.74. The van der Waals surface area contributed by atoms with Gasteiger partial charge in [-0.05, 0) is 32.3 Å². The van der Waals surface area contributed by atoms with Gasteiger partial charge in [-0.2, -0.15) is 0 Å². The van der Waals surface area contributed by atoms with Crippen molar-refractivity contribution in [2.75, 3.05) is 26.8 Å². The number of unbranched alkanes of at least 4 members (excludes halogenated alkanes) is 1. The van der Waals surface area contributed by atoms with Crippen molar-refractivity contribution in [3.05, 3.63) is 23.9 Å². The van der Waals surface area contributed by atoms with Gasteiger partial charge in [0.15, 0.2) is 5.96 Å². The molecule has 0 spiro atoms. The maximum atomic E-state index is 5.54. The molecule has 0 aliphatic carbocycles. The van der Waals surface area contributed by atoms with Gasteiger partial charge in [-0.25, -0.2) is 4.98 Å². The molecule has 0 aliphatic rings. The number of ether oxygens (including phenoxy) is 2. The average Bonchev–Trinajstić information content (AvgIpc) is 2.57. The molecule has 1 heterocycles. The summed E-state index contributed by atoms with van der Waals surface area (Å²) in [6.07, 6.45) is 5.22. The van der Waals surface area contributed by atoms with Crippen molar-refractivity contribution in [1.29, 1.82) is 0 Å². The second-order valence-corrected chi connectivity index (χ2v) is 5.84. The Morgan fingerprint density at radius 1 is 1.21 bits per heavy atom. The zero-order valence-corrected chi connectivity index (χ0v) is 15.5. The molecule has 0 fully saturated rings. The summed E-state index contributed by atoms with van der Waals surface area (Å²) >= 11 is 0. The highest BCUT2D eigenvalue weighted by Gasteiger charge is 2.01. The number of nitrogens with one attached hydrogen (secondary N) is 2. The van der Waals surface area contributed by atoms with Gasteiger partial charge in [-0.15, -0.1) is 0 Å². The van der Waals surface area contributed by atoms with Crippen LogP contribution in [0.5, 0.6) is 5.88 Å². The maximum Gasteiger partial charge on any atom is 0.213 e. The molecular formula is C18H32N4O2. The molecule has 0 aromatic carbocycles. The molecule has 136 valence electrons. The van der Waals surface area contributed by atoms with Gasteiger partial charge in [0.25, 0.3) is 0 Å². The van der Waals surface area contributed by atoms with E-state index in [9.17, 15) is 0 Å². The maximum absolute atomic E-state index is 5.54. The molecular weight excluding hydrogens is 304 g/mol. The fraction of sp³-hybridized carbons (Fsp3) is 0.667. The molecule has 0 aliphatic heterocycles. The zero-order valence-electron chi connectivity index (χ0n) is 15.5. The first-order valence-electron chi connectivity index (χ1n) is 8.79. The van der Waals surface area contributed by atoms with Gasteiger partial charge in [0.1, 0.15) is 0 Å². The summed E-state index contributed by atoms with van der Waals surface area (Å²) in [7, 11) is 1.77. The lowest BCUT2D eigenvalue weighted by atomic mass is 10.3. The number of aliphatic imine (C=N–C) groups is 1. The van der Waals surface area contributed by atoms with Crippen LogP contribution in [0.25, 0.3) is 0 Å². The first-order chi connectivity index (χ1) is 11.7. The fourth-order valence-electron chi connectivity index (χ4n) is 1.96. The van der Waals surface area contributed by atoms with Crippen molar-refractivity contribution in [2.24, 2.45) is 4.99 Å². The van der Waals surface area contributed by atoms with Crippen LogP contribution in [0, 0.1) is 0 Å². The normalized spacial score (nSPS) is 11.6. The van der Waals surface area contributed by atoms with E-state index in [-0.39, 0.29) is 6.10 Å². The SMILES string of the molecule is CCCCOCCCNC(=NC)NCc1ccc(OC(C)C)nc1. The minimum atomic E-state index is 0.135. The monoisotopic (exact) mass is 336 g/mol. The second kappa shape index (κ2) is 12.6. The third-order valence-corrected chi connectivity index (χ3v) is 3.24. The van der Waals surface area contributed by atoms with Gasteiger partial charge in [0.05, 0.1) is 6.10 Å². The van der Waals surface area contributed by atoms with E-state index in [0.29, 0.717) is 12.4 Å². The summed E-state index contributed by atoms with van der Waals surface area (Å²) in [5, 5.41) is 6.56. The van der Waals surface area contributed by atoms with Crippen molar-refractivity contribution < 1.29 is 9.47 Å². The quantitative estimate of drug-likeness (QED) is 0.369. The third-order valence-electron chi connectivity index (χ3n) is 3.24. The van der Waals surface area contributed by atoms with Crippen LogP contribution in [0.2, 0.25) is 0 Å². The van der Waals surface area contributed by atoms with Crippen molar-refractivity contribution >= 4 is 5.96 Å². The molecule has 0 saturated heterocycles. The number of hydrogen-bond acceptors (Lipinski definition) is 4. The second-order valence-electron chi connectivity index (χ2n) is 5.84. The molecule has 0 bridgehead atoms. The van der Waals surface area contributed by atoms with Gasteiger partial charge in [0, 0.05) is 45.6 Å². The largest absolute Gasteiger partial charge is 0.475 e. The van der Waals surface area contributed by atoms with Gasteiger partial charge < -0.3 is 20.1 Å². The third kappa shape index (κ3) is 9.35. The fourth-order valence-corrected chi connectivity index (χ4v) is 1.96. The van der Waals surface area contributed by atoms with Crippen molar-refractivity contribution in [1.82, 2.24) is 15.6 Å². The number of pyridine rings is 1. The van der Waals surface area contributed by atoms with Gasteiger partial charge in [-0.3, -0.25) is 4.99 Å². The lowest BCUT2D eigenvalue weighted by molar-refractivity contribution is 0.129. The molecule has 0 radical (unpaired) electrons. The summed E-state index contributed by atoms with van der Waals surface area (Å²) < 4.78 is 11.1. The van der Waals surface area contributed by atoms with E-state index in [1.54, 1.807) is 7.05 Å². The molecule has 1 rings (SSSR count). The number of nitrogens with zero attached hydrogens (tertiary/aromatic N) is 2. The zero-order chi connectivity index (χ0) is 17.6. The summed E-state index contributed by atoms with van der Waals surface area (Å²) in [5.41, 5.74) is 1.08. The Morgan fingerprint density at radius 3 is 2.62 bits per heavy atom. The molecule has 6 nitrogen and oxygen atoms in total. The summed E-state index contributed by atoms with van der Waals surface area (Å²) in [5.74, 6) is 1.44. The van der Waals surface area contributed by atoms with E-state index in [1.807, 2.05) is 32.2 Å². The summed E-state index contributed by atoms with van der Waals surface area (Å²) in [6, 6.07) is 3.90. The Balaban J connectivity index is 2.21. The number of guanidine groups is 1. The van der Waals surface area contributed by atoms with E-state index in [1.165, 1.54) is 6.42 Å². The van der Waals surface area contributed by atoms with Gasteiger partial charge >= 0.3 is 0 Å². The molecule has 6 heteroatoms. The van der Waals surface area contributed by atoms with Gasteiger partial charge in [0.2, 0.25) is 5.88 Å². The minimum Gasteiger partial charge on any atom is -0.475 e. The van der Waals surface area contributed by atoms with E-state index >= 15 is 0 Å². The molecule has 24 heavy (non-hydrogen) atoms. The lowest BCUT2D eigenvalue weighted by Crippen LogP contribution is -2.37. The molecule has 0 unspecified atom stereocenters. The first-order valence-corrected chi connectivity index (χ1v) is 8.79. The summed E-state index contributed by atoms with van der Waals surface area (Å²) in [4.78, 5) is 8.51. The van der Waals surface area contributed by atoms with Crippen LogP contribution >= 0.6 is 0 Å². The van der Waals surface area contributed by atoms with Crippen LogP contribution in [-0.2, 0) is 11.3 Å². The smallest absolute Gasteiger partial charge is 0.213 e. The topological polar surface area (TPSA) is 67.8 Å². The number of aromatic nitrogens is 1. The molecule has 1 aromatic rings. The Kier molecular flexibility index (Phi) is 10.6. The van der Waals surface area contributed by atoms with E-state index in [4.69, 9.17) is 9.47 Å². The van der Waals surface area contributed by atoms with Crippen LogP contribution in [0.15, 0.2) is 23.3 Å². The van der Waals surface area contributed by atoms with Crippen LogP contribution < -0.4 is 15.4 Å². The minimum absolute atomic E-state index is 0.135. The number of rotatable bonds is 11. The van der Waals surface area contributed by atoms with E-state index in [0.717, 1.165) is 44.1 Å². The highest BCUT2D eigenvalue weighted by atomic mass is 16.5. The van der Waals surface area contributed by atoms with Crippen LogP contribution in [-0.4, -0.2) is 43.9 Å². The highest BCUT2D eigenvalue weighted by molar-refractivity contribution is 5.79. The molecule has 0 atom stereocenters. The van der Waals surface area contributed by atoms with Crippen LogP contribution in [0.3, 0.4) is 0 Å². The summed E-state index contributed by atoms with van der Waals surface area (Å²) in [6.45, 7) is 9.29. The van der Waals surface area contributed by atoms with Crippen molar-refractivity contribution in [3.63, 3.8) is 0 Å². The van der Waals surface area contributed by atoms with Gasteiger partial charge in [-0.1, -0.05) is 19.4 Å². The predicted molar refractivity (Wildman–Crippen MR) is 98.5 cm³/mol. The Labute approximate surface area is 146 Å². The molecule has 0 saturated carbocycles.